The zero-order chi connectivity index (χ0) is 14.1. The molecule has 1 atom stereocenters. The van der Waals surface area contributed by atoms with Crippen molar-refractivity contribution in [3.63, 3.8) is 0 Å². The Morgan fingerprint density at radius 1 is 1.55 bits per heavy atom. The Kier molecular flexibility index (Phi) is 3.30. The van der Waals surface area contributed by atoms with E-state index in [4.69, 9.17) is 0 Å². The summed E-state index contributed by atoms with van der Waals surface area (Å²) < 4.78 is 0. The molecule has 0 spiro atoms. The number of amides is 1. The van der Waals surface area contributed by atoms with Gasteiger partial charge in [-0.05, 0) is 18.4 Å². The molecular formula is C14H19N5O. The zero-order valence-electron chi connectivity index (χ0n) is 11.8. The summed E-state index contributed by atoms with van der Waals surface area (Å²) in [7, 11) is 1.69. The molecule has 6 heteroatoms. The van der Waals surface area contributed by atoms with Gasteiger partial charge in [-0.1, -0.05) is 6.92 Å². The zero-order valence-corrected chi connectivity index (χ0v) is 11.8. The molecule has 2 aromatic rings. The molecule has 3 heterocycles. The molecule has 1 saturated heterocycles. The van der Waals surface area contributed by atoms with E-state index in [1.807, 2.05) is 6.20 Å². The fourth-order valence-electron chi connectivity index (χ4n) is 2.90. The molecule has 0 aliphatic carbocycles. The molecule has 1 aliphatic heterocycles. The van der Waals surface area contributed by atoms with E-state index in [2.05, 4.69) is 32.1 Å². The molecule has 0 saturated carbocycles. The predicted octanol–water partition coefficient (Wildman–Crippen LogP) is 1.09. The smallest absolute Gasteiger partial charge is 0.224 e. The SMILES string of the molecule is CCc1c[nH]c2ncnc(N3CCC(C(=O)NC)C3)c12. The number of aromatic nitrogens is 3. The van der Waals surface area contributed by atoms with Gasteiger partial charge in [0.05, 0.1) is 11.3 Å². The highest BCUT2D eigenvalue weighted by Gasteiger charge is 2.29. The van der Waals surface area contributed by atoms with Gasteiger partial charge in [0.2, 0.25) is 5.91 Å². The van der Waals surface area contributed by atoms with E-state index in [-0.39, 0.29) is 11.8 Å². The molecule has 1 unspecified atom stereocenters. The molecule has 106 valence electrons. The monoisotopic (exact) mass is 273 g/mol. The van der Waals surface area contributed by atoms with Crippen LogP contribution in [-0.4, -0.2) is 41.0 Å². The summed E-state index contributed by atoms with van der Waals surface area (Å²) in [5.41, 5.74) is 2.09. The third-order valence-corrected chi connectivity index (χ3v) is 4.02. The third kappa shape index (κ3) is 2.01. The topological polar surface area (TPSA) is 73.9 Å². The molecule has 3 rings (SSSR count). The first-order chi connectivity index (χ1) is 9.74. The van der Waals surface area contributed by atoms with Gasteiger partial charge >= 0.3 is 0 Å². The number of carbonyl (C=O) groups is 1. The van der Waals surface area contributed by atoms with E-state index < -0.39 is 0 Å². The van der Waals surface area contributed by atoms with Crippen molar-refractivity contribution < 1.29 is 4.79 Å². The Balaban J connectivity index is 1.95. The van der Waals surface area contributed by atoms with Crippen molar-refractivity contribution >= 4 is 22.8 Å². The third-order valence-electron chi connectivity index (χ3n) is 4.02. The molecule has 2 aromatic heterocycles. The van der Waals surface area contributed by atoms with Crippen LogP contribution in [0.2, 0.25) is 0 Å². The summed E-state index contributed by atoms with van der Waals surface area (Å²) >= 11 is 0. The number of aromatic amines is 1. The van der Waals surface area contributed by atoms with E-state index in [1.165, 1.54) is 5.56 Å². The standard InChI is InChI=1S/C14H19N5O/c1-3-9-6-16-12-11(9)13(18-8-17-12)19-5-4-10(7-19)14(20)15-2/h6,8,10H,3-5,7H2,1-2H3,(H,15,20)(H,16,17,18). The van der Waals surface area contributed by atoms with Crippen LogP contribution in [0.3, 0.4) is 0 Å². The Labute approximate surface area is 117 Å². The summed E-state index contributed by atoms with van der Waals surface area (Å²) in [5, 5.41) is 3.82. The predicted molar refractivity (Wildman–Crippen MR) is 77.7 cm³/mol. The number of fused-ring (bicyclic) bond motifs is 1. The number of nitrogens with one attached hydrogen (secondary N) is 2. The van der Waals surface area contributed by atoms with Crippen LogP contribution < -0.4 is 10.2 Å². The number of rotatable bonds is 3. The Hall–Kier alpha value is -2.11. The van der Waals surface area contributed by atoms with Gasteiger partial charge < -0.3 is 15.2 Å². The van der Waals surface area contributed by atoms with E-state index in [1.54, 1.807) is 13.4 Å². The summed E-state index contributed by atoms with van der Waals surface area (Å²) in [6.07, 6.45) is 5.39. The number of carbonyl (C=O) groups excluding carboxylic acids is 1. The lowest BCUT2D eigenvalue weighted by atomic mass is 10.1. The first-order valence-electron chi connectivity index (χ1n) is 7.02. The first-order valence-corrected chi connectivity index (χ1v) is 7.02. The van der Waals surface area contributed by atoms with Gasteiger partial charge in [0, 0.05) is 26.3 Å². The molecular weight excluding hydrogens is 254 g/mol. The van der Waals surface area contributed by atoms with Crippen molar-refractivity contribution in [2.45, 2.75) is 19.8 Å². The molecule has 1 amide bonds. The maximum atomic E-state index is 11.8. The normalized spacial score (nSPS) is 18.7. The van der Waals surface area contributed by atoms with Crippen LogP contribution in [0, 0.1) is 5.92 Å². The molecule has 1 fully saturated rings. The summed E-state index contributed by atoms with van der Waals surface area (Å²) in [5.74, 6) is 1.11. The van der Waals surface area contributed by atoms with E-state index in [0.717, 1.165) is 42.8 Å². The molecule has 0 radical (unpaired) electrons. The maximum absolute atomic E-state index is 11.8. The van der Waals surface area contributed by atoms with E-state index >= 15 is 0 Å². The summed E-state index contributed by atoms with van der Waals surface area (Å²) in [4.78, 5) is 25.9. The first kappa shape index (κ1) is 12.9. The average molecular weight is 273 g/mol. The van der Waals surface area contributed by atoms with Gasteiger partial charge in [0.25, 0.3) is 0 Å². The Morgan fingerprint density at radius 3 is 3.15 bits per heavy atom. The number of H-pyrrole nitrogens is 1. The van der Waals surface area contributed by atoms with Gasteiger partial charge in [-0.25, -0.2) is 9.97 Å². The van der Waals surface area contributed by atoms with Crippen molar-refractivity contribution in [1.82, 2.24) is 20.3 Å². The van der Waals surface area contributed by atoms with Crippen LogP contribution in [0.15, 0.2) is 12.5 Å². The quantitative estimate of drug-likeness (QED) is 0.878. The van der Waals surface area contributed by atoms with Crippen molar-refractivity contribution in [2.75, 3.05) is 25.0 Å². The highest BCUT2D eigenvalue weighted by atomic mass is 16.1. The second kappa shape index (κ2) is 5.11. The lowest BCUT2D eigenvalue weighted by Crippen LogP contribution is -2.30. The number of anilines is 1. The minimum atomic E-state index is 0.0500. The molecule has 0 bridgehead atoms. The van der Waals surface area contributed by atoms with Crippen LogP contribution in [0.25, 0.3) is 11.0 Å². The highest BCUT2D eigenvalue weighted by Crippen LogP contribution is 2.30. The number of nitrogens with zero attached hydrogens (tertiary/aromatic N) is 3. The van der Waals surface area contributed by atoms with Gasteiger partial charge in [-0.3, -0.25) is 4.79 Å². The fourth-order valence-corrected chi connectivity index (χ4v) is 2.90. The van der Waals surface area contributed by atoms with Crippen molar-refractivity contribution in [2.24, 2.45) is 5.92 Å². The highest BCUT2D eigenvalue weighted by molar-refractivity contribution is 5.91. The van der Waals surface area contributed by atoms with Gasteiger partial charge in [0.15, 0.2) is 0 Å². The van der Waals surface area contributed by atoms with Gasteiger partial charge in [0.1, 0.15) is 17.8 Å². The van der Waals surface area contributed by atoms with Crippen molar-refractivity contribution in [3.05, 3.63) is 18.1 Å². The van der Waals surface area contributed by atoms with Crippen LogP contribution in [0.5, 0.6) is 0 Å². The van der Waals surface area contributed by atoms with Crippen molar-refractivity contribution in [3.8, 4) is 0 Å². The van der Waals surface area contributed by atoms with E-state index in [9.17, 15) is 4.79 Å². The second-order valence-electron chi connectivity index (χ2n) is 5.13. The van der Waals surface area contributed by atoms with Crippen LogP contribution in [0.4, 0.5) is 5.82 Å². The van der Waals surface area contributed by atoms with Gasteiger partial charge in [-0.2, -0.15) is 0 Å². The number of aryl methyl sites for hydroxylation is 1. The minimum absolute atomic E-state index is 0.0500. The van der Waals surface area contributed by atoms with Crippen LogP contribution in [0.1, 0.15) is 18.9 Å². The largest absolute Gasteiger partial charge is 0.359 e. The van der Waals surface area contributed by atoms with Gasteiger partial charge in [-0.15, -0.1) is 0 Å². The molecule has 2 N–H and O–H groups in total. The minimum Gasteiger partial charge on any atom is -0.359 e. The van der Waals surface area contributed by atoms with Crippen LogP contribution >= 0.6 is 0 Å². The lowest BCUT2D eigenvalue weighted by molar-refractivity contribution is -0.123. The molecule has 0 aromatic carbocycles. The molecule has 20 heavy (non-hydrogen) atoms. The fraction of sp³-hybridized carbons (Fsp3) is 0.500. The molecule has 1 aliphatic rings. The summed E-state index contributed by atoms with van der Waals surface area (Å²) in [6.45, 7) is 3.70. The number of hydrogen-bond donors (Lipinski definition) is 2. The van der Waals surface area contributed by atoms with Crippen LogP contribution in [-0.2, 0) is 11.2 Å². The summed E-state index contributed by atoms with van der Waals surface area (Å²) in [6, 6.07) is 0. The maximum Gasteiger partial charge on any atom is 0.224 e. The average Bonchev–Trinajstić information content (AvgIpc) is 3.12. The second-order valence-corrected chi connectivity index (χ2v) is 5.13. The molecule has 6 nitrogen and oxygen atoms in total. The Bertz CT molecular complexity index is 636. The van der Waals surface area contributed by atoms with E-state index in [0.29, 0.717) is 0 Å². The number of hydrogen-bond acceptors (Lipinski definition) is 4. The van der Waals surface area contributed by atoms with Crippen molar-refractivity contribution in [1.29, 1.82) is 0 Å². The Morgan fingerprint density at radius 2 is 2.40 bits per heavy atom. The lowest BCUT2D eigenvalue weighted by Gasteiger charge is -2.18.